The number of hydrogen-bond acceptors (Lipinski definition) is 6. The number of halogens is 1. The second-order valence-electron chi connectivity index (χ2n) is 9.74. The van der Waals surface area contributed by atoms with Crippen LogP contribution in [-0.4, -0.2) is 72.9 Å². The number of amides is 1. The summed E-state index contributed by atoms with van der Waals surface area (Å²) >= 11 is 0. The van der Waals surface area contributed by atoms with Crippen molar-refractivity contribution in [2.24, 2.45) is 0 Å². The summed E-state index contributed by atoms with van der Waals surface area (Å²) in [7, 11) is 1.63. The molecule has 4 rings (SSSR count). The Labute approximate surface area is 212 Å². The first kappa shape index (κ1) is 26.2. The maximum Gasteiger partial charge on any atom is 0.222 e. The third kappa shape index (κ3) is 7.11. The molecular formula is C28H37FN2O5. The summed E-state index contributed by atoms with van der Waals surface area (Å²) in [5, 5.41) is 11.1. The third-order valence-corrected chi connectivity index (χ3v) is 6.98. The van der Waals surface area contributed by atoms with Crippen molar-refractivity contribution >= 4 is 5.91 Å². The van der Waals surface area contributed by atoms with Crippen molar-refractivity contribution in [2.75, 3.05) is 46.5 Å². The molecule has 2 heterocycles. The number of para-hydroxylation sites is 1. The number of carbonyl (C=O) groups excluding carboxylic acids is 1. The number of methoxy groups -OCH3 is 1. The first-order valence-corrected chi connectivity index (χ1v) is 12.9. The van der Waals surface area contributed by atoms with Gasteiger partial charge in [0.25, 0.3) is 0 Å². The maximum atomic E-state index is 13.9. The van der Waals surface area contributed by atoms with Gasteiger partial charge in [-0.1, -0.05) is 18.2 Å². The lowest BCUT2D eigenvalue weighted by atomic mass is 9.96. The Kier molecular flexibility index (Phi) is 9.04. The van der Waals surface area contributed by atoms with Crippen LogP contribution in [0.3, 0.4) is 0 Å². The molecule has 1 unspecified atom stereocenters. The Morgan fingerprint density at radius 3 is 2.64 bits per heavy atom. The van der Waals surface area contributed by atoms with Crippen molar-refractivity contribution in [1.29, 1.82) is 0 Å². The summed E-state index contributed by atoms with van der Waals surface area (Å²) in [6.45, 7) is 4.45. The average molecular weight is 501 g/mol. The minimum absolute atomic E-state index is 0.0747. The lowest BCUT2D eigenvalue weighted by Crippen LogP contribution is -2.37. The van der Waals surface area contributed by atoms with E-state index >= 15 is 0 Å². The van der Waals surface area contributed by atoms with Gasteiger partial charge in [0.05, 0.1) is 19.3 Å². The second-order valence-corrected chi connectivity index (χ2v) is 9.74. The predicted molar refractivity (Wildman–Crippen MR) is 135 cm³/mol. The van der Waals surface area contributed by atoms with Gasteiger partial charge >= 0.3 is 0 Å². The number of ether oxygens (including phenoxy) is 3. The molecule has 2 aromatic carbocycles. The first-order chi connectivity index (χ1) is 17.5. The Morgan fingerprint density at radius 2 is 1.86 bits per heavy atom. The van der Waals surface area contributed by atoms with E-state index in [1.165, 1.54) is 6.07 Å². The number of aliphatic hydroxyl groups is 1. The van der Waals surface area contributed by atoms with Crippen molar-refractivity contribution < 1.29 is 28.5 Å². The molecule has 2 fully saturated rings. The molecule has 0 saturated carbocycles. The van der Waals surface area contributed by atoms with Gasteiger partial charge in [0, 0.05) is 32.6 Å². The van der Waals surface area contributed by atoms with Gasteiger partial charge < -0.3 is 24.2 Å². The predicted octanol–water partition coefficient (Wildman–Crippen LogP) is 4.02. The molecule has 2 saturated heterocycles. The lowest BCUT2D eigenvalue weighted by molar-refractivity contribution is -0.127. The van der Waals surface area contributed by atoms with Gasteiger partial charge in [0.15, 0.2) is 23.1 Å². The van der Waals surface area contributed by atoms with E-state index in [1.807, 2.05) is 23.1 Å². The van der Waals surface area contributed by atoms with Crippen LogP contribution in [0, 0.1) is 5.82 Å². The molecule has 0 radical (unpaired) electrons. The zero-order valence-electron chi connectivity index (χ0n) is 21.1. The van der Waals surface area contributed by atoms with Crippen molar-refractivity contribution in [3.8, 4) is 17.2 Å². The molecule has 0 aromatic heterocycles. The Morgan fingerprint density at radius 1 is 1.00 bits per heavy atom. The fraction of sp³-hybridized carbons (Fsp3) is 0.536. The second kappa shape index (κ2) is 12.4. The molecule has 36 heavy (non-hydrogen) atoms. The molecule has 2 aliphatic rings. The summed E-state index contributed by atoms with van der Waals surface area (Å²) in [5.74, 6) is 1.37. The molecule has 196 valence electrons. The quantitative estimate of drug-likeness (QED) is 0.470. The summed E-state index contributed by atoms with van der Waals surface area (Å²) in [5.41, 5.74) is 0.121. The average Bonchev–Trinajstić information content (AvgIpc) is 3.19. The van der Waals surface area contributed by atoms with Crippen LogP contribution in [0.15, 0.2) is 42.5 Å². The van der Waals surface area contributed by atoms with Crippen LogP contribution in [0.2, 0.25) is 0 Å². The van der Waals surface area contributed by atoms with E-state index in [0.29, 0.717) is 43.9 Å². The van der Waals surface area contributed by atoms with E-state index in [4.69, 9.17) is 14.2 Å². The van der Waals surface area contributed by atoms with Gasteiger partial charge in [-0.25, -0.2) is 4.39 Å². The minimum Gasteiger partial charge on any atom is -0.493 e. The molecule has 1 N–H and O–H groups in total. The van der Waals surface area contributed by atoms with Crippen LogP contribution in [0.5, 0.6) is 17.2 Å². The van der Waals surface area contributed by atoms with E-state index in [1.54, 1.807) is 25.3 Å². The molecule has 0 spiro atoms. The van der Waals surface area contributed by atoms with Gasteiger partial charge in [0.1, 0.15) is 6.61 Å². The summed E-state index contributed by atoms with van der Waals surface area (Å²) in [4.78, 5) is 16.0. The topological polar surface area (TPSA) is 71.5 Å². The molecule has 8 heteroatoms. The SMILES string of the molecule is COc1ccc(CN2CCCC(O)(COc3ccccc3F)CC2)cc1OCCCN1CCCC1=O. The largest absolute Gasteiger partial charge is 0.493 e. The highest BCUT2D eigenvalue weighted by Crippen LogP contribution is 2.30. The first-order valence-electron chi connectivity index (χ1n) is 12.9. The summed E-state index contributed by atoms with van der Waals surface area (Å²) in [6, 6.07) is 12.2. The zero-order valence-corrected chi connectivity index (χ0v) is 21.1. The smallest absolute Gasteiger partial charge is 0.222 e. The van der Waals surface area contributed by atoms with Crippen LogP contribution in [-0.2, 0) is 11.3 Å². The van der Waals surface area contributed by atoms with E-state index in [-0.39, 0.29) is 18.3 Å². The van der Waals surface area contributed by atoms with Gasteiger partial charge in [-0.2, -0.15) is 0 Å². The molecule has 2 aromatic rings. The van der Waals surface area contributed by atoms with Gasteiger partial charge in [-0.15, -0.1) is 0 Å². The van der Waals surface area contributed by atoms with Crippen molar-refractivity contribution in [3.05, 3.63) is 53.8 Å². The van der Waals surface area contributed by atoms with E-state index < -0.39 is 11.4 Å². The van der Waals surface area contributed by atoms with Crippen LogP contribution >= 0.6 is 0 Å². The Bertz CT molecular complexity index is 1020. The number of rotatable bonds is 11. The number of likely N-dealkylation sites (tertiary alicyclic amines) is 2. The Balaban J connectivity index is 1.28. The fourth-order valence-electron chi connectivity index (χ4n) is 4.88. The van der Waals surface area contributed by atoms with E-state index in [0.717, 1.165) is 51.0 Å². The molecule has 1 amide bonds. The molecule has 0 aliphatic carbocycles. The summed E-state index contributed by atoms with van der Waals surface area (Å²) < 4.78 is 31.0. The number of benzene rings is 2. The zero-order chi connectivity index (χ0) is 25.4. The maximum absolute atomic E-state index is 13.9. The highest BCUT2D eigenvalue weighted by atomic mass is 19.1. The molecule has 7 nitrogen and oxygen atoms in total. The van der Waals surface area contributed by atoms with Crippen LogP contribution in [0.1, 0.15) is 44.1 Å². The molecule has 2 aliphatic heterocycles. The van der Waals surface area contributed by atoms with E-state index in [2.05, 4.69) is 4.90 Å². The van der Waals surface area contributed by atoms with Crippen LogP contribution in [0.4, 0.5) is 4.39 Å². The van der Waals surface area contributed by atoms with Crippen molar-refractivity contribution in [2.45, 2.75) is 50.7 Å². The Hall–Kier alpha value is -2.84. The highest BCUT2D eigenvalue weighted by molar-refractivity contribution is 5.77. The normalized spacial score (nSPS) is 20.9. The van der Waals surface area contributed by atoms with Gasteiger partial charge in [-0.3, -0.25) is 9.69 Å². The number of carbonyl (C=O) groups is 1. The van der Waals surface area contributed by atoms with Crippen LogP contribution < -0.4 is 14.2 Å². The van der Waals surface area contributed by atoms with Crippen molar-refractivity contribution in [1.82, 2.24) is 9.80 Å². The summed E-state index contributed by atoms with van der Waals surface area (Å²) in [6.07, 6.45) is 4.36. The molecule has 0 bridgehead atoms. The third-order valence-electron chi connectivity index (χ3n) is 6.98. The molecule has 1 atom stereocenters. The monoisotopic (exact) mass is 500 g/mol. The molecular weight excluding hydrogens is 463 g/mol. The number of hydrogen-bond donors (Lipinski definition) is 1. The van der Waals surface area contributed by atoms with E-state index in [9.17, 15) is 14.3 Å². The lowest BCUT2D eigenvalue weighted by Gasteiger charge is -2.27. The standard InChI is InChI=1S/C28H37FN2O5/c1-34-25-11-10-22(19-26(25)35-18-6-16-31-15-4-9-27(31)32)20-30-14-5-12-28(33,13-17-30)21-36-24-8-3-2-7-23(24)29/h2-3,7-8,10-11,19,33H,4-6,9,12-18,20-21H2,1H3. The number of nitrogens with zero attached hydrogens (tertiary/aromatic N) is 2. The minimum atomic E-state index is -0.984. The van der Waals surface area contributed by atoms with Crippen LogP contribution in [0.25, 0.3) is 0 Å². The van der Waals surface area contributed by atoms with Gasteiger partial charge in [0.2, 0.25) is 5.91 Å². The highest BCUT2D eigenvalue weighted by Gasteiger charge is 2.31. The van der Waals surface area contributed by atoms with Crippen molar-refractivity contribution in [3.63, 3.8) is 0 Å². The fourth-order valence-corrected chi connectivity index (χ4v) is 4.88. The van der Waals surface area contributed by atoms with Gasteiger partial charge in [-0.05, 0) is 68.5 Å².